The van der Waals surface area contributed by atoms with Crippen molar-refractivity contribution in [1.82, 2.24) is 4.98 Å². The van der Waals surface area contributed by atoms with Crippen LogP contribution in [-0.2, 0) is 17.6 Å². The Morgan fingerprint density at radius 3 is 2.96 bits per heavy atom. The number of para-hydroxylation sites is 1. The van der Waals surface area contributed by atoms with E-state index in [1.165, 1.54) is 29.0 Å². The zero-order valence-corrected chi connectivity index (χ0v) is 15.3. The van der Waals surface area contributed by atoms with Crippen LogP contribution in [-0.4, -0.2) is 16.9 Å². The fraction of sp³-hybridized carbons (Fsp3) is 0.238. The lowest BCUT2D eigenvalue weighted by Crippen LogP contribution is -2.43. The molecular formula is C21H19FN2OS. The van der Waals surface area contributed by atoms with Gasteiger partial charge in [-0.2, -0.15) is 0 Å². The lowest BCUT2D eigenvalue weighted by atomic mass is 9.96. The SMILES string of the molecule is CC1CCc2ccccc2N1C(=O)Cc1csc(-c2cccc(F)c2)n1. The van der Waals surface area contributed by atoms with E-state index in [1.54, 1.807) is 6.07 Å². The molecule has 1 unspecified atom stereocenters. The minimum atomic E-state index is -0.283. The summed E-state index contributed by atoms with van der Waals surface area (Å²) in [5, 5.41) is 2.62. The monoisotopic (exact) mass is 366 g/mol. The molecule has 0 radical (unpaired) electrons. The highest BCUT2D eigenvalue weighted by Crippen LogP contribution is 2.31. The molecule has 1 aromatic heterocycles. The van der Waals surface area contributed by atoms with E-state index in [0.29, 0.717) is 0 Å². The van der Waals surface area contributed by atoms with Gasteiger partial charge in [-0.05, 0) is 43.5 Å². The Morgan fingerprint density at radius 2 is 2.12 bits per heavy atom. The number of rotatable bonds is 3. The molecule has 3 aromatic rings. The van der Waals surface area contributed by atoms with Crippen molar-refractivity contribution in [2.75, 3.05) is 4.90 Å². The number of aromatic nitrogens is 1. The predicted molar refractivity (Wildman–Crippen MR) is 103 cm³/mol. The normalized spacial score (nSPS) is 16.4. The van der Waals surface area contributed by atoms with Crippen molar-refractivity contribution in [1.29, 1.82) is 0 Å². The van der Waals surface area contributed by atoms with Gasteiger partial charge in [0.25, 0.3) is 0 Å². The van der Waals surface area contributed by atoms with Crippen molar-refractivity contribution in [3.8, 4) is 10.6 Å². The van der Waals surface area contributed by atoms with E-state index >= 15 is 0 Å². The summed E-state index contributed by atoms with van der Waals surface area (Å²) in [4.78, 5) is 19.4. The molecule has 2 heterocycles. The summed E-state index contributed by atoms with van der Waals surface area (Å²) < 4.78 is 13.4. The molecule has 1 aliphatic heterocycles. The number of amides is 1. The van der Waals surface area contributed by atoms with E-state index in [9.17, 15) is 9.18 Å². The van der Waals surface area contributed by atoms with Gasteiger partial charge in [-0.15, -0.1) is 11.3 Å². The summed E-state index contributed by atoms with van der Waals surface area (Å²) in [5.74, 6) is -0.227. The fourth-order valence-electron chi connectivity index (χ4n) is 3.45. The molecule has 0 saturated carbocycles. The van der Waals surface area contributed by atoms with Crippen LogP contribution in [0.25, 0.3) is 10.6 Å². The van der Waals surface area contributed by atoms with Gasteiger partial charge in [0.05, 0.1) is 12.1 Å². The van der Waals surface area contributed by atoms with E-state index < -0.39 is 0 Å². The second-order valence-corrected chi connectivity index (χ2v) is 7.47. The number of hydrogen-bond donors (Lipinski definition) is 0. The van der Waals surface area contributed by atoms with Gasteiger partial charge in [0.2, 0.25) is 5.91 Å². The molecule has 0 aliphatic carbocycles. The highest BCUT2D eigenvalue weighted by atomic mass is 32.1. The van der Waals surface area contributed by atoms with Crippen LogP contribution >= 0.6 is 11.3 Å². The Labute approximate surface area is 156 Å². The third-order valence-electron chi connectivity index (χ3n) is 4.75. The Kier molecular flexibility index (Phi) is 4.55. The van der Waals surface area contributed by atoms with Gasteiger partial charge >= 0.3 is 0 Å². The van der Waals surface area contributed by atoms with Crippen LogP contribution in [0, 0.1) is 5.82 Å². The Hall–Kier alpha value is -2.53. The van der Waals surface area contributed by atoms with Gasteiger partial charge in [0.15, 0.2) is 0 Å². The minimum Gasteiger partial charge on any atom is -0.309 e. The summed E-state index contributed by atoms with van der Waals surface area (Å²) in [5.41, 5.74) is 3.70. The number of aryl methyl sites for hydroxylation is 1. The maximum absolute atomic E-state index is 13.4. The average Bonchev–Trinajstić information content (AvgIpc) is 3.10. The van der Waals surface area contributed by atoms with Crippen LogP contribution in [0.2, 0.25) is 0 Å². The van der Waals surface area contributed by atoms with E-state index in [2.05, 4.69) is 18.0 Å². The first-order valence-electron chi connectivity index (χ1n) is 8.72. The number of halogens is 1. The molecule has 0 bridgehead atoms. The summed E-state index contributed by atoms with van der Waals surface area (Å²) in [7, 11) is 0. The standard InChI is InChI=1S/C21H19FN2OS/c1-14-9-10-15-5-2-3-8-19(15)24(14)20(25)12-18-13-26-21(23-18)16-6-4-7-17(22)11-16/h2-8,11,13-14H,9-10,12H2,1H3. The summed E-state index contributed by atoms with van der Waals surface area (Å²) in [6.45, 7) is 2.09. The van der Waals surface area contributed by atoms with Gasteiger partial charge < -0.3 is 4.90 Å². The second kappa shape index (κ2) is 7.00. The Bertz CT molecular complexity index is 952. The number of hydrogen-bond acceptors (Lipinski definition) is 3. The fourth-order valence-corrected chi connectivity index (χ4v) is 4.27. The highest BCUT2D eigenvalue weighted by Gasteiger charge is 2.28. The third-order valence-corrected chi connectivity index (χ3v) is 5.69. The molecular weight excluding hydrogens is 347 g/mol. The molecule has 1 aliphatic rings. The minimum absolute atomic E-state index is 0.0562. The topological polar surface area (TPSA) is 33.2 Å². The molecule has 26 heavy (non-hydrogen) atoms. The van der Waals surface area contributed by atoms with Crippen LogP contribution in [0.3, 0.4) is 0 Å². The molecule has 5 heteroatoms. The quantitative estimate of drug-likeness (QED) is 0.663. The third kappa shape index (κ3) is 3.27. The largest absolute Gasteiger partial charge is 0.309 e. The molecule has 2 aromatic carbocycles. The van der Waals surface area contributed by atoms with Gasteiger partial charge in [-0.25, -0.2) is 9.37 Å². The molecule has 1 atom stereocenters. The number of benzene rings is 2. The zero-order valence-electron chi connectivity index (χ0n) is 14.5. The molecule has 4 rings (SSSR count). The van der Waals surface area contributed by atoms with E-state index in [1.807, 2.05) is 34.5 Å². The highest BCUT2D eigenvalue weighted by molar-refractivity contribution is 7.13. The number of nitrogens with zero attached hydrogens (tertiary/aromatic N) is 2. The van der Waals surface area contributed by atoms with Gasteiger partial charge in [-0.1, -0.05) is 30.3 Å². The Morgan fingerprint density at radius 1 is 1.27 bits per heavy atom. The summed E-state index contributed by atoms with van der Waals surface area (Å²) >= 11 is 1.44. The first-order chi connectivity index (χ1) is 12.6. The second-order valence-electron chi connectivity index (χ2n) is 6.61. The van der Waals surface area contributed by atoms with Gasteiger partial charge in [0, 0.05) is 22.7 Å². The van der Waals surface area contributed by atoms with Crippen molar-refractivity contribution in [3.63, 3.8) is 0 Å². The molecule has 0 saturated heterocycles. The lowest BCUT2D eigenvalue weighted by Gasteiger charge is -2.35. The smallest absolute Gasteiger partial charge is 0.233 e. The van der Waals surface area contributed by atoms with Crippen LogP contribution in [0.5, 0.6) is 0 Å². The Balaban J connectivity index is 1.56. The lowest BCUT2D eigenvalue weighted by molar-refractivity contribution is -0.118. The number of carbonyl (C=O) groups is 1. The first-order valence-corrected chi connectivity index (χ1v) is 9.60. The van der Waals surface area contributed by atoms with Crippen LogP contribution in [0.15, 0.2) is 53.9 Å². The molecule has 3 nitrogen and oxygen atoms in total. The molecule has 0 spiro atoms. The molecule has 0 fully saturated rings. The van der Waals surface area contributed by atoms with Crippen molar-refractivity contribution in [3.05, 3.63) is 71.0 Å². The van der Waals surface area contributed by atoms with Gasteiger partial charge in [-0.3, -0.25) is 4.79 Å². The van der Waals surface area contributed by atoms with E-state index in [0.717, 1.165) is 34.8 Å². The van der Waals surface area contributed by atoms with Gasteiger partial charge in [0.1, 0.15) is 10.8 Å². The van der Waals surface area contributed by atoms with Crippen LogP contribution in [0.4, 0.5) is 10.1 Å². The maximum Gasteiger partial charge on any atom is 0.233 e. The van der Waals surface area contributed by atoms with Crippen molar-refractivity contribution < 1.29 is 9.18 Å². The van der Waals surface area contributed by atoms with Crippen LogP contribution < -0.4 is 4.90 Å². The number of fused-ring (bicyclic) bond motifs is 1. The van der Waals surface area contributed by atoms with E-state index in [4.69, 9.17) is 0 Å². The van der Waals surface area contributed by atoms with Crippen molar-refractivity contribution >= 4 is 22.9 Å². The van der Waals surface area contributed by atoms with Crippen molar-refractivity contribution in [2.45, 2.75) is 32.2 Å². The molecule has 0 N–H and O–H groups in total. The average molecular weight is 366 g/mol. The van der Waals surface area contributed by atoms with Crippen LogP contribution in [0.1, 0.15) is 24.6 Å². The number of anilines is 1. The number of thiazole rings is 1. The predicted octanol–water partition coefficient (Wildman–Crippen LogP) is 4.86. The summed E-state index contributed by atoms with van der Waals surface area (Å²) in [6.07, 6.45) is 2.22. The molecule has 1 amide bonds. The number of carbonyl (C=O) groups excluding carboxylic acids is 1. The van der Waals surface area contributed by atoms with E-state index in [-0.39, 0.29) is 24.2 Å². The zero-order chi connectivity index (χ0) is 18.1. The maximum atomic E-state index is 13.4. The summed E-state index contributed by atoms with van der Waals surface area (Å²) in [6, 6.07) is 14.7. The van der Waals surface area contributed by atoms with Crippen molar-refractivity contribution in [2.24, 2.45) is 0 Å². The first kappa shape index (κ1) is 16.9. The molecule has 132 valence electrons.